The van der Waals surface area contributed by atoms with Gasteiger partial charge in [0.2, 0.25) is 0 Å². The first-order chi connectivity index (χ1) is 6.66. The van der Waals surface area contributed by atoms with Crippen molar-refractivity contribution in [3.8, 4) is 5.75 Å². The molecule has 0 fully saturated rings. The van der Waals surface area contributed by atoms with Crippen molar-refractivity contribution in [2.45, 2.75) is 11.7 Å². The Bertz CT molecular complexity index is 322. The van der Waals surface area contributed by atoms with E-state index in [1.54, 1.807) is 18.9 Å². The summed E-state index contributed by atoms with van der Waals surface area (Å²) in [4.78, 5) is 0. The molecule has 0 radical (unpaired) electrons. The van der Waals surface area contributed by atoms with Crippen molar-refractivity contribution in [2.75, 3.05) is 13.4 Å². The lowest BCUT2D eigenvalue weighted by Gasteiger charge is -2.24. The summed E-state index contributed by atoms with van der Waals surface area (Å²) >= 11 is 1.77. The molecule has 1 atom stereocenters. The third kappa shape index (κ3) is 2.13. The van der Waals surface area contributed by atoms with Gasteiger partial charge in [-0.05, 0) is 30.9 Å². The van der Waals surface area contributed by atoms with E-state index in [0.29, 0.717) is 0 Å². The Kier molecular flexibility index (Phi) is 3.64. The molecule has 0 aliphatic heterocycles. The van der Waals surface area contributed by atoms with Gasteiger partial charge in [0.1, 0.15) is 5.75 Å². The van der Waals surface area contributed by atoms with E-state index in [-0.39, 0.29) is 4.75 Å². The second-order valence-corrected chi connectivity index (χ2v) is 4.50. The minimum atomic E-state index is -0.0332. The lowest BCUT2D eigenvalue weighted by molar-refractivity contribution is 0.414. The van der Waals surface area contributed by atoms with Gasteiger partial charge in [-0.25, -0.2) is 0 Å². The van der Waals surface area contributed by atoms with Crippen molar-refractivity contribution >= 4 is 11.8 Å². The molecule has 1 aromatic rings. The molecule has 1 rings (SSSR count). The van der Waals surface area contributed by atoms with Crippen molar-refractivity contribution < 1.29 is 4.74 Å². The number of methoxy groups -OCH3 is 1. The number of rotatable bonds is 4. The van der Waals surface area contributed by atoms with Crippen LogP contribution in [0.15, 0.2) is 36.9 Å². The smallest absolute Gasteiger partial charge is 0.119 e. The summed E-state index contributed by atoms with van der Waals surface area (Å²) in [7, 11) is 1.68. The van der Waals surface area contributed by atoms with Crippen LogP contribution in [-0.2, 0) is 4.75 Å². The highest BCUT2D eigenvalue weighted by atomic mass is 32.2. The number of thioether (sulfide) groups is 1. The fourth-order valence-corrected chi connectivity index (χ4v) is 1.78. The van der Waals surface area contributed by atoms with E-state index < -0.39 is 0 Å². The topological polar surface area (TPSA) is 9.23 Å². The maximum atomic E-state index is 5.20. The van der Waals surface area contributed by atoms with Crippen molar-refractivity contribution in [3.05, 3.63) is 42.5 Å². The Morgan fingerprint density at radius 1 is 1.50 bits per heavy atom. The molecule has 2 heteroatoms. The van der Waals surface area contributed by atoms with Crippen LogP contribution in [0.1, 0.15) is 12.5 Å². The van der Waals surface area contributed by atoms with Crippen LogP contribution in [0.25, 0.3) is 0 Å². The molecule has 0 aromatic heterocycles. The predicted octanol–water partition coefficient (Wildman–Crippen LogP) is 3.46. The standard InChI is InChI=1S/C12H16OS/c1-5-12(2,14-4)10-7-6-8-11(9-10)13-3/h5-9H,1H2,2-4H3/t12-/m0/s1. The molecule has 0 bridgehead atoms. The Labute approximate surface area is 90.2 Å². The molecule has 0 aliphatic rings. The van der Waals surface area contributed by atoms with Crippen molar-refractivity contribution in [1.82, 2.24) is 0 Å². The molecule has 76 valence electrons. The van der Waals surface area contributed by atoms with E-state index in [4.69, 9.17) is 4.74 Å². The fraction of sp³-hybridized carbons (Fsp3) is 0.333. The summed E-state index contributed by atoms with van der Waals surface area (Å²) in [5.74, 6) is 0.893. The number of hydrogen-bond donors (Lipinski definition) is 0. The van der Waals surface area contributed by atoms with Crippen molar-refractivity contribution in [1.29, 1.82) is 0 Å². The third-order valence-electron chi connectivity index (χ3n) is 2.46. The van der Waals surface area contributed by atoms with Gasteiger partial charge in [0.05, 0.1) is 11.9 Å². The molecule has 0 N–H and O–H groups in total. The van der Waals surface area contributed by atoms with Crippen LogP contribution in [0.2, 0.25) is 0 Å². The zero-order valence-corrected chi connectivity index (χ0v) is 9.73. The molecule has 0 saturated heterocycles. The average Bonchev–Trinajstić information content (AvgIpc) is 2.28. The van der Waals surface area contributed by atoms with Crippen LogP contribution in [0.3, 0.4) is 0 Å². The number of ether oxygens (including phenoxy) is 1. The first-order valence-corrected chi connectivity index (χ1v) is 5.72. The van der Waals surface area contributed by atoms with E-state index in [9.17, 15) is 0 Å². The summed E-state index contributed by atoms with van der Waals surface area (Å²) in [6.07, 6.45) is 4.05. The van der Waals surface area contributed by atoms with E-state index in [1.165, 1.54) is 5.56 Å². The average molecular weight is 208 g/mol. The normalized spacial score (nSPS) is 14.5. The summed E-state index contributed by atoms with van der Waals surface area (Å²) in [5, 5.41) is 0. The van der Waals surface area contributed by atoms with Gasteiger partial charge >= 0.3 is 0 Å². The van der Waals surface area contributed by atoms with E-state index in [0.717, 1.165) is 5.75 Å². The Balaban J connectivity index is 3.10. The van der Waals surface area contributed by atoms with Crippen LogP contribution in [0.5, 0.6) is 5.75 Å². The summed E-state index contributed by atoms with van der Waals surface area (Å²) in [6, 6.07) is 8.11. The van der Waals surface area contributed by atoms with Crippen molar-refractivity contribution in [2.24, 2.45) is 0 Å². The molecule has 1 aromatic carbocycles. The molecular weight excluding hydrogens is 192 g/mol. The number of benzene rings is 1. The first kappa shape index (κ1) is 11.2. The monoisotopic (exact) mass is 208 g/mol. The minimum Gasteiger partial charge on any atom is -0.497 e. The SMILES string of the molecule is C=C[C@](C)(SC)c1cccc(OC)c1. The molecule has 0 spiro atoms. The zero-order chi connectivity index (χ0) is 10.6. The second-order valence-electron chi connectivity index (χ2n) is 3.25. The largest absolute Gasteiger partial charge is 0.497 e. The molecular formula is C12H16OS. The van der Waals surface area contributed by atoms with Gasteiger partial charge in [0, 0.05) is 0 Å². The molecule has 0 amide bonds. The summed E-state index contributed by atoms with van der Waals surface area (Å²) in [6.45, 7) is 6.03. The second kappa shape index (κ2) is 4.56. The lowest BCUT2D eigenvalue weighted by Crippen LogP contribution is -2.12. The molecule has 14 heavy (non-hydrogen) atoms. The van der Waals surface area contributed by atoms with Crippen LogP contribution in [0, 0.1) is 0 Å². The molecule has 1 nitrogen and oxygen atoms in total. The molecule has 0 heterocycles. The van der Waals surface area contributed by atoms with Gasteiger partial charge in [-0.1, -0.05) is 18.2 Å². The Morgan fingerprint density at radius 2 is 2.21 bits per heavy atom. The molecule has 0 aliphatic carbocycles. The van der Waals surface area contributed by atoms with Gasteiger partial charge in [-0.2, -0.15) is 0 Å². The highest BCUT2D eigenvalue weighted by Gasteiger charge is 2.21. The maximum absolute atomic E-state index is 5.20. The zero-order valence-electron chi connectivity index (χ0n) is 8.91. The quantitative estimate of drug-likeness (QED) is 0.701. The fourth-order valence-electron chi connectivity index (χ4n) is 1.25. The van der Waals surface area contributed by atoms with E-state index in [2.05, 4.69) is 31.9 Å². The first-order valence-electron chi connectivity index (χ1n) is 4.49. The lowest BCUT2D eigenvalue weighted by atomic mass is 10.0. The van der Waals surface area contributed by atoms with Crippen molar-refractivity contribution in [3.63, 3.8) is 0 Å². The highest BCUT2D eigenvalue weighted by molar-refractivity contribution is 7.99. The van der Waals surface area contributed by atoms with Crippen LogP contribution >= 0.6 is 11.8 Å². The molecule has 0 saturated carbocycles. The van der Waals surface area contributed by atoms with Gasteiger partial charge in [0.25, 0.3) is 0 Å². The van der Waals surface area contributed by atoms with Gasteiger partial charge in [-0.3, -0.25) is 0 Å². The van der Waals surface area contributed by atoms with Crippen LogP contribution < -0.4 is 4.74 Å². The van der Waals surface area contributed by atoms with Crippen LogP contribution in [-0.4, -0.2) is 13.4 Å². The van der Waals surface area contributed by atoms with Gasteiger partial charge in [0.15, 0.2) is 0 Å². The van der Waals surface area contributed by atoms with E-state index >= 15 is 0 Å². The predicted molar refractivity (Wildman–Crippen MR) is 64.1 cm³/mol. The van der Waals surface area contributed by atoms with Gasteiger partial charge < -0.3 is 4.74 Å². The Hall–Kier alpha value is -0.890. The van der Waals surface area contributed by atoms with Crippen LogP contribution in [0.4, 0.5) is 0 Å². The van der Waals surface area contributed by atoms with E-state index in [1.807, 2.05) is 18.2 Å². The summed E-state index contributed by atoms with van der Waals surface area (Å²) in [5.41, 5.74) is 1.22. The maximum Gasteiger partial charge on any atom is 0.119 e. The Morgan fingerprint density at radius 3 is 2.71 bits per heavy atom. The molecule has 0 unspecified atom stereocenters. The van der Waals surface area contributed by atoms with Gasteiger partial charge in [-0.15, -0.1) is 18.3 Å². The number of hydrogen-bond acceptors (Lipinski definition) is 2. The summed E-state index contributed by atoms with van der Waals surface area (Å²) < 4.78 is 5.16. The minimum absolute atomic E-state index is 0.0332. The highest BCUT2D eigenvalue weighted by Crippen LogP contribution is 2.36. The third-order valence-corrected chi connectivity index (χ3v) is 3.71.